The van der Waals surface area contributed by atoms with Crippen LogP contribution in [0.1, 0.15) is 136 Å². The summed E-state index contributed by atoms with van der Waals surface area (Å²) in [4.78, 5) is 0. The maximum Gasteiger partial charge on any atom is -0.147 e. The van der Waals surface area contributed by atoms with E-state index in [9.17, 15) is 5.11 Å². The van der Waals surface area contributed by atoms with E-state index in [1.165, 1.54) is 140 Å². The molecule has 0 rings (SSSR count). The molecule has 0 bridgehead atoms. The van der Waals surface area contributed by atoms with Gasteiger partial charge in [0.05, 0.1) is 0 Å². The Labute approximate surface area is 198 Å². The van der Waals surface area contributed by atoms with Crippen molar-refractivity contribution >= 4 is 19.7 Å². The van der Waals surface area contributed by atoms with Crippen molar-refractivity contribution in [3.63, 3.8) is 0 Å². The third kappa shape index (κ3) is 21.9. The minimum Gasteiger partial charge on any atom is -0.344 e. The Morgan fingerprint density at radius 2 is 0.700 bits per heavy atom. The van der Waals surface area contributed by atoms with Crippen LogP contribution in [-0.4, -0.2) is 36.4 Å². The Morgan fingerprint density at radius 3 is 0.967 bits per heavy atom. The van der Waals surface area contributed by atoms with Crippen molar-refractivity contribution in [2.24, 2.45) is 0 Å². The first-order valence-corrected chi connectivity index (χ1v) is 16.2. The van der Waals surface area contributed by atoms with Gasteiger partial charge in [0.15, 0.2) is 0 Å². The van der Waals surface area contributed by atoms with Crippen LogP contribution in [0.4, 0.5) is 0 Å². The van der Waals surface area contributed by atoms with Crippen LogP contribution in [0, 0.1) is 0 Å². The van der Waals surface area contributed by atoms with E-state index in [-0.39, 0.29) is 18.6 Å². The van der Waals surface area contributed by atoms with Gasteiger partial charge in [-0.25, -0.2) is 0 Å². The molecular formula is C26H61ClNOP. The van der Waals surface area contributed by atoms with Gasteiger partial charge in [-0.2, -0.15) is 0 Å². The molecule has 0 aromatic rings. The summed E-state index contributed by atoms with van der Waals surface area (Å²) in [6.07, 6.45) is 31.2. The molecule has 0 unspecified atom stereocenters. The topological polar surface area (TPSA) is 55.2 Å². The second-order valence-corrected chi connectivity index (χ2v) is 14.5. The van der Waals surface area contributed by atoms with Crippen LogP contribution in [0.25, 0.3) is 0 Å². The van der Waals surface area contributed by atoms with Gasteiger partial charge in [-0.15, -0.1) is 12.4 Å². The van der Waals surface area contributed by atoms with Crippen molar-refractivity contribution in [3.8, 4) is 0 Å². The largest absolute Gasteiger partial charge is 0.344 e. The second-order valence-electron chi connectivity index (χ2n) is 9.53. The van der Waals surface area contributed by atoms with Crippen LogP contribution in [0.2, 0.25) is 0 Å². The van der Waals surface area contributed by atoms with Crippen LogP contribution in [0.3, 0.4) is 0 Å². The van der Waals surface area contributed by atoms with Gasteiger partial charge in [0.1, 0.15) is 0 Å². The molecule has 4 N–H and O–H groups in total. The molecule has 0 amide bonds. The molecule has 2 nitrogen and oxygen atoms in total. The number of hydrogen-bond acceptors (Lipinski definition) is 2. The van der Waals surface area contributed by atoms with Crippen LogP contribution >= 0.6 is 19.7 Å². The summed E-state index contributed by atoms with van der Waals surface area (Å²) in [6, 6.07) is 0. The summed E-state index contributed by atoms with van der Waals surface area (Å²) in [6.45, 7) is 7.37. The number of hydrogen-bond donors (Lipinski definition) is 2. The van der Waals surface area contributed by atoms with E-state index in [1.807, 2.05) is 0 Å². The molecule has 30 heavy (non-hydrogen) atoms. The molecule has 0 saturated carbocycles. The van der Waals surface area contributed by atoms with Gasteiger partial charge in [-0.05, 0) is 0 Å². The fourth-order valence-electron chi connectivity index (χ4n) is 4.83. The van der Waals surface area contributed by atoms with E-state index < -0.39 is 7.26 Å². The van der Waals surface area contributed by atoms with Crippen LogP contribution in [0.5, 0.6) is 0 Å². The molecule has 0 fully saturated rings. The van der Waals surface area contributed by atoms with E-state index in [0.717, 1.165) is 0 Å². The standard InChI is InChI=1S/C26H57OP.ClH.H3N/c1-4-7-10-13-16-19-23-28(26-22-27,24-20-17-14-11-8-5-2)25-21-18-15-12-9-6-3;;/h27-28H,4-26H2,1-3H3;1H;1H3. The molecule has 0 heterocycles. The Morgan fingerprint density at radius 1 is 0.433 bits per heavy atom. The maximum atomic E-state index is 9.85. The molecule has 0 aliphatic rings. The summed E-state index contributed by atoms with van der Waals surface area (Å²) in [7, 11) is -1.25. The summed E-state index contributed by atoms with van der Waals surface area (Å²) in [5.74, 6) is 0. The van der Waals surface area contributed by atoms with Crippen molar-refractivity contribution in [2.75, 3.05) is 31.3 Å². The van der Waals surface area contributed by atoms with Crippen molar-refractivity contribution in [1.82, 2.24) is 6.15 Å². The smallest absolute Gasteiger partial charge is 0.147 e. The van der Waals surface area contributed by atoms with E-state index in [1.54, 1.807) is 0 Å². The van der Waals surface area contributed by atoms with Gasteiger partial charge in [-0.3, -0.25) is 0 Å². The van der Waals surface area contributed by atoms with E-state index in [4.69, 9.17) is 0 Å². The molecule has 0 aromatic carbocycles. The molecule has 0 aromatic heterocycles. The van der Waals surface area contributed by atoms with Crippen molar-refractivity contribution < 1.29 is 5.11 Å². The molecule has 4 heteroatoms. The molecule has 188 valence electrons. The van der Waals surface area contributed by atoms with Crippen molar-refractivity contribution in [2.45, 2.75) is 136 Å². The number of unbranched alkanes of at least 4 members (excludes halogenated alkanes) is 15. The minimum absolute atomic E-state index is 0. The van der Waals surface area contributed by atoms with Gasteiger partial charge in [0, 0.05) is 0 Å². The molecular weight excluding hydrogens is 409 g/mol. The summed E-state index contributed by atoms with van der Waals surface area (Å²) in [5.41, 5.74) is 0. The fraction of sp³-hybridized carbons (Fsp3) is 1.00. The van der Waals surface area contributed by atoms with Gasteiger partial charge in [0.25, 0.3) is 0 Å². The van der Waals surface area contributed by atoms with Crippen molar-refractivity contribution in [3.05, 3.63) is 0 Å². The normalized spacial score (nSPS) is 11.7. The summed E-state index contributed by atoms with van der Waals surface area (Å²) < 4.78 is 0. The number of halogens is 1. The predicted octanol–water partition coefficient (Wildman–Crippen LogP) is 9.39. The molecule has 0 atom stereocenters. The monoisotopic (exact) mass is 469 g/mol. The van der Waals surface area contributed by atoms with E-state index >= 15 is 0 Å². The average Bonchev–Trinajstić information content (AvgIpc) is 2.70. The Bertz CT molecular complexity index is 264. The third-order valence-corrected chi connectivity index (χ3v) is 12.4. The number of aliphatic hydroxyl groups excluding tert-OH is 1. The summed E-state index contributed by atoms with van der Waals surface area (Å²) >= 11 is 0. The van der Waals surface area contributed by atoms with Crippen LogP contribution < -0.4 is 6.15 Å². The number of aliphatic hydroxyl groups is 1. The Kier molecular flexibility index (Phi) is 32.5. The van der Waals surface area contributed by atoms with Gasteiger partial charge in [-0.1, -0.05) is 0 Å². The first-order chi connectivity index (χ1) is 13.7. The molecule has 0 saturated heterocycles. The fourth-order valence-corrected chi connectivity index (χ4v) is 9.80. The van der Waals surface area contributed by atoms with Crippen LogP contribution in [0.15, 0.2) is 0 Å². The predicted molar refractivity (Wildman–Crippen MR) is 147 cm³/mol. The van der Waals surface area contributed by atoms with Crippen LogP contribution in [-0.2, 0) is 0 Å². The van der Waals surface area contributed by atoms with E-state index in [2.05, 4.69) is 20.8 Å². The number of rotatable bonds is 23. The summed E-state index contributed by atoms with van der Waals surface area (Å²) in [5, 5.41) is 9.85. The van der Waals surface area contributed by atoms with E-state index in [0.29, 0.717) is 6.61 Å². The zero-order chi connectivity index (χ0) is 20.8. The first-order valence-electron chi connectivity index (χ1n) is 13.4. The Balaban J connectivity index is -0.00000364. The van der Waals surface area contributed by atoms with Gasteiger partial charge in [0.2, 0.25) is 0 Å². The molecule has 0 radical (unpaired) electrons. The zero-order valence-electron chi connectivity index (χ0n) is 21.3. The minimum atomic E-state index is -1.25. The first kappa shape index (κ1) is 35.2. The molecule has 0 aliphatic carbocycles. The third-order valence-electron chi connectivity index (χ3n) is 6.82. The quantitative estimate of drug-likeness (QED) is 0.115. The zero-order valence-corrected chi connectivity index (χ0v) is 23.1. The SMILES string of the molecule is CCCCCCCC[PH](CCO)(CCCCCCCC)CCCCCCCC.Cl.N. The van der Waals surface area contributed by atoms with Gasteiger partial charge >= 0.3 is 180 Å². The average molecular weight is 470 g/mol. The molecule has 0 spiro atoms. The Hall–Kier alpha value is 0.640. The second kappa shape index (κ2) is 27.7. The maximum absolute atomic E-state index is 9.85. The molecule has 0 aliphatic heterocycles. The van der Waals surface area contributed by atoms with Crippen molar-refractivity contribution in [1.29, 1.82) is 0 Å². The van der Waals surface area contributed by atoms with Gasteiger partial charge < -0.3 is 6.15 Å².